The lowest BCUT2D eigenvalue weighted by Crippen LogP contribution is -2.42. The molecule has 2 atom stereocenters. The summed E-state index contributed by atoms with van der Waals surface area (Å²) < 4.78 is 5.78. The van der Waals surface area contributed by atoms with Crippen molar-refractivity contribution < 1.29 is 9.53 Å². The smallest absolute Gasteiger partial charge is 0.225 e. The van der Waals surface area contributed by atoms with Crippen LogP contribution >= 0.6 is 0 Å². The number of carbonyl (C=O) groups excluding carboxylic acids is 1. The van der Waals surface area contributed by atoms with Gasteiger partial charge in [-0.05, 0) is 56.9 Å². The van der Waals surface area contributed by atoms with Gasteiger partial charge in [-0.2, -0.15) is 0 Å². The predicted molar refractivity (Wildman–Crippen MR) is 73.5 cm³/mol. The minimum Gasteiger partial charge on any atom is -0.378 e. The summed E-state index contributed by atoms with van der Waals surface area (Å²) in [5.74, 6) is 2.44. The third-order valence-electron chi connectivity index (χ3n) is 4.84. The van der Waals surface area contributed by atoms with Crippen LogP contribution in [0.15, 0.2) is 0 Å². The van der Waals surface area contributed by atoms with Gasteiger partial charge >= 0.3 is 0 Å². The Labute approximate surface area is 115 Å². The maximum Gasteiger partial charge on any atom is 0.225 e. The molecule has 1 aliphatic heterocycles. The van der Waals surface area contributed by atoms with E-state index in [1.807, 2.05) is 0 Å². The minimum atomic E-state index is 0.342. The molecule has 0 bridgehead atoms. The molecule has 1 heterocycles. The van der Waals surface area contributed by atoms with Crippen LogP contribution in [0.3, 0.4) is 0 Å². The molecule has 0 spiro atoms. The van der Waals surface area contributed by atoms with Gasteiger partial charge in [0.2, 0.25) is 5.91 Å². The summed E-state index contributed by atoms with van der Waals surface area (Å²) in [7, 11) is 0. The number of hydrogen-bond acceptors (Lipinski definition) is 3. The molecule has 0 aromatic rings. The average Bonchev–Trinajstić information content (AvgIpc) is 3.29. The van der Waals surface area contributed by atoms with E-state index in [1.165, 1.54) is 12.8 Å². The van der Waals surface area contributed by atoms with Crippen molar-refractivity contribution in [2.45, 2.75) is 44.6 Å². The summed E-state index contributed by atoms with van der Waals surface area (Å²) in [5, 5.41) is 0. The predicted octanol–water partition coefficient (Wildman–Crippen LogP) is 1.39. The molecule has 19 heavy (non-hydrogen) atoms. The Kier molecular flexibility index (Phi) is 4.08. The molecule has 4 heteroatoms. The fourth-order valence-electron chi connectivity index (χ4n) is 3.35. The summed E-state index contributed by atoms with van der Waals surface area (Å²) in [6.45, 7) is 3.24. The molecule has 0 radical (unpaired) electrons. The van der Waals surface area contributed by atoms with Crippen LogP contribution in [-0.4, -0.2) is 43.2 Å². The van der Waals surface area contributed by atoms with Crippen LogP contribution in [0.1, 0.15) is 38.5 Å². The van der Waals surface area contributed by atoms with Crippen molar-refractivity contribution in [3.63, 3.8) is 0 Å². The summed E-state index contributed by atoms with van der Waals surface area (Å²) >= 11 is 0. The number of amides is 1. The molecule has 0 aromatic heterocycles. The first-order chi connectivity index (χ1) is 9.29. The number of hydrogen-bond donors (Lipinski definition) is 1. The molecule has 1 amide bonds. The highest BCUT2D eigenvalue weighted by molar-refractivity contribution is 5.81. The van der Waals surface area contributed by atoms with Crippen molar-refractivity contribution in [3.8, 4) is 0 Å². The summed E-state index contributed by atoms with van der Waals surface area (Å²) in [4.78, 5) is 14.4. The monoisotopic (exact) mass is 266 g/mol. The molecule has 4 nitrogen and oxygen atoms in total. The van der Waals surface area contributed by atoms with Gasteiger partial charge in [-0.3, -0.25) is 4.79 Å². The largest absolute Gasteiger partial charge is 0.378 e. The maximum atomic E-state index is 12.3. The number of ether oxygens (including phenoxy) is 1. The molecule has 2 saturated carbocycles. The standard InChI is InChI=1S/C15H26N2O2/c16-6-1-9-19-12-4-7-17(8-5-12)15(18)14-10-13(14)11-2-3-11/h11-14H,1-10,16H2/t13-,14-/m1/s1. The first-order valence-corrected chi connectivity index (χ1v) is 7.90. The van der Waals surface area contributed by atoms with Gasteiger partial charge < -0.3 is 15.4 Å². The van der Waals surface area contributed by atoms with Crippen LogP contribution < -0.4 is 5.73 Å². The molecule has 108 valence electrons. The molecule has 0 unspecified atom stereocenters. The van der Waals surface area contributed by atoms with Crippen molar-refractivity contribution in [3.05, 3.63) is 0 Å². The Morgan fingerprint density at radius 1 is 1.21 bits per heavy atom. The normalized spacial score (nSPS) is 31.5. The third-order valence-corrected chi connectivity index (χ3v) is 4.84. The fraction of sp³-hybridized carbons (Fsp3) is 0.933. The second-order valence-electron chi connectivity index (χ2n) is 6.38. The second-order valence-corrected chi connectivity index (χ2v) is 6.38. The van der Waals surface area contributed by atoms with E-state index in [4.69, 9.17) is 10.5 Å². The Bertz CT molecular complexity index is 322. The highest BCUT2D eigenvalue weighted by Gasteiger charge is 2.52. The van der Waals surface area contributed by atoms with E-state index in [-0.39, 0.29) is 0 Å². The minimum absolute atomic E-state index is 0.342. The van der Waals surface area contributed by atoms with E-state index >= 15 is 0 Å². The van der Waals surface area contributed by atoms with Crippen LogP contribution in [0.4, 0.5) is 0 Å². The van der Waals surface area contributed by atoms with Gasteiger partial charge in [-0.1, -0.05) is 0 Å². The van der Waals surface area contributed by atoms with Crippen LogP contribution in [0, 0.1) is 17.8 Å². The van der Waals surface area contributed by atoms with E-state index in [2.05, 4.69) is 4.90 Å². The van der Waals surface area contributed by atoms with Crippen molar-refractivity contribution in [2.75, 3.05) is 26.2 Å². The van der Waals surface area contributed by atoms with E-state index in [1.54, 1.807) is 0 Å². The second kappa shape index (κ2) is 5.80. The van der Waals surface area contributed by atoms with E-state index < -0.39 is 0 Å². The number of likely N-dealkylation sites (tertiary alicyclic amines) is 1. The molecule has 2 aliphatic carbocycles. The first-order valence-electron chi connectivity index (χ1n) is 7.90. The van der Waals surface area contributed by atoms with Crippen molar-refractivity contribution in [1.82, 2.24) is 4.90 Å². The topological polar surface area (TPSA) is 55.6 Å². The summed E-state index contributed by atoms with van der Waals surface area (Å²) in [6, 6.07) is 0. The highest BCUT2D eigenvalue weighted by atomic mass is 16.5. The Morgan fingerprint density at radius 3 is 2.58 bits per heavy atom. The van der Waals surface area contributed by atoms with E-state index in [9.17, 15) is 4.79 Å². The molecule has 0 aromatic carbocycles. The van der Waals surface area contributed by atoms with Gasteiger partial charge in [0.1, 0.15) is 0 Å². The molecule has 3 aliphatic rings. The molecule has 3 fully saturated rings. The molecular formula is C15H26N2O2. The van der Waals surface area contributed by atoms with Gasteiger partial charge in [0.05, 0.1) is 6.10 Å². The maximum absolute atomic E-state index is 12.3. The lowest BCUT2D eigenvalue weighted by molar-refractivity contribution is -0.135. The van der Waals surface area contributed by atoms with Gasteiger partial charge in [-0.15, -0.1) is 0 Å². The van der Waals surface area contributed by atoms with Crippen LogP contribution in [0.25, 0.3) is 0 Å². The van der Waals surface area contributed by atoms with Gasteiger partial charge in [0.15, 0.2) is 0 Å². The van der Waals surface area contributed by atoms with Crippen LogP contribution in [0.2, 0.25) is 0 Å². The van der Waals surface area contributed by atoms with E-state index in [0.717, 1.165) is 57.2 Å². The lowest BCUT2D eigenvalue weighted by atomic mass is 10.1. The van der Waals surface area contributed by atoms with Crippen LogP contribution in [-0.2, 0) is 9.53 Å². The molecular weight excluding hydrogens is 240 g/mol. The zero-order valence-electron chi connectivity index (χ0n) is 11.7. The Balaban J connectivity index is 1.36. The van der Waals surface area contributed by atoms with Crippen molar-refractivity contribution >= 4 is 5.91 Å². The average molecular weight is 266 g/mol. The first kappa shape index (κ1) is 13.4. The van der Waals surface area contributed by atoms with Gasteiger partial charge in [0.25, 0.3) is 0 Å². The lowest BCUT2D eigenvalue weighted by Gasteiger charge is -2.32. The van der Waals surface area contributed by atoms with Crippen molar-refractivity contribution in [1.29, 1.82) is 0 Å². The number of carbonyl (C=O) groups is 1. The quantitative estimate of drug-likeness (QED) is 0.739. The Hall–Kier alpha value is -0.610. The summed E-state index contributed by atoms with van der Waals surface area (Å²) in [6.07, 6.45) is 7.17. The highest BCUT2D eigenvalue weighted by Crippen LogP contribution is 2.55. The van der Waals surface area contributed by atoms with Crippen LogP contribution in [0.5, 0.6) is 0 Å². The van der Waals surface area contributed by atoms with E-state index in [0.29, 0.717) is 24.5 Å². The molecule has 3 rings (SSSR count). The number of rotatable bonds is 6. The number of nitrogens with zero attached hydrogens (tertiary/aromatic N) is 1. The Morgan fingerprint density at radius 2 is 1.95 bits per heavy atom. The third kappa shape index (κ3) is 3.29. The SMILES string of the molecule is NCCCOC1CCN(C(=O)[C@@H]2C[C@@H]2C2CC2)CC1. The van der Waals surface area contributed by atoms with Gasteiger partial charge in [-0.25, -0.2) is 0 Å². The molecule has 1 saturated heterocycles. The zero-order valence-corrected chi connectivity index (χ0v) is 11.7. The zero-order chi connectivity index (χ0) is 13.2. The fourth-order valence-corrected chi connectivity index (χ4v) is 3.35. The number of nitrogens with two attached hydrogens (primary N) is 1. The molecule has 2 N–H and O–H groups in total. The van der Waals surface area contributed by atoms with Crippen molar-refractivity contribution in [2.24, 2.45) is 23.5 Å². The number of piperidine rings is 1. The van der Waals surface area contributed by atoms with Gasteiger partial charge in [0, 0.05) is 25.6 Å². The summed E-state index contributed by atoms with van der Waals surface area (Å²) in [5.41, 5.74) is 5.46.